The molecule has 178 valence electrons. The van der Waals surface area contributed by atoms with E-state index in [1.54, 1.807) is 6.07 Å². The average Bonchev–Trinajstić information content (AvgIpc) is 3.25. The third kappa shape index (κ3) is 4.36. The van der Waals surface area contributed by atoms with Gasteiger partial charge in [0.05, 0.1) is 22.2 Å². The van der Waals surface area contributed by atoms with Crippen molar-refractivity contribution in [3.8, 4) is 11.4 Å². The molecule has 1 aliphatic heterocycles. The number of nitrogens with one attached hydrogen (secondary N) is 3. The Kier molecular flexibility index (Phi) is 6.20. The largest absolute Gasteiger partial charge is 0.382 e. The molecule has 1 atom stereocenters. The van der Waals surface area contributed by atoms with Crippen molar-refractivity contribution >= 4 is 44.9 Å². The lowest BCUT2D eigenvalue weighted by Crippen LogP contribution is -2.44. The second-order valence-electron chi connectivity index (χ2n) is 9.02. The lowest BCUT2D eigenvalue weighted by molar-refractivity contribution is 0.313. The summed E-state index contributed by atoms with van der Waals surface area (Å²) in [5.74, 6) is 0.515. The first kappa shape index (κ1) is 22.7. The van der Waals surface area contributed by atoms with E-state index in [1.807, 2.05) is 25.1 Å². The molecule has 1 saturated heterocycles. The van der Waals surface area contributed by atoms with Crippen LogP contribution in [-0.2, 0) is 0 Å². The molecule has 0 unspecified atom stereocenters. The number of anilines is 2. The number of aromatic amines is 2. The fraction of sp³-hybridized carbons (Fsp3) is 0.360. The lowest BCUT2D eigenvalue weighted by Gasteiger charge is -2.34. The molecule has 8 nitrogen and oxygen atoms in total. The number of hydrogen-bond donors (Lipinski definition) is 4. The summed E-state index contributed by atoms with van der Waals surface area (Å²) in [5.41, 5.74) is 10.7. The van der Waals surface area contributed by atoms with E-state index in [0.29, 0.717) is 34.2 Å². The summed E-state index contributed by atoms with van der Waals surface area (Å²) >= 11 is 6.31. The Hall–Kier alpha value is -3.07. The summed E-state index contributed by atoms with van der Waals surface area (Å²) in [6, 6.07) is 11.6. The van der Waals surface area contributed by atoms with Crippen molar-refractivity contribution in [1.82, 2.24) is 19.9 Å². The number of aromatic nitrogens is 3. The number of likely N-dealkylation sites (N-methyl/N-ethyl adjacent to an activating group) is 1. The van der Waals surface area contributed by atoms with Gasteiger partial charge in [-0.25, -0.2) is 4.98 Å². The number of halogens is 1. The molecular weight excluding hydrogens is 450 g/mol. The molecule has 4 aromatic rings. The Balaban J connectivity index is 1.60. The summed E-state index contributed by atoms with van der Waals surface area (Å²) in [6.07, 6.45) is 0.823. The maximum Gasteiger partial charge on any atom is 0.261 e. The van der Waals surface area contributed by atoms with Gasteiger partial charge in [-0.2, -0.15) is 0 Å². The van der Waals surface area contributed by atoms with Crippen molar-refractivity contribution in [2.75, 3.05) is 50.0 Å². The summed E-state index contributed by atoms with van der Waals surface area (Å²) in [7, 11) is 2.15. The van der Waals surface area contributed by atoms with Crippen LogP contribution in [0.3, 0.4) is 0 Å². The molecule has 2 aromatic carbocycles. The number of imidazole rings is 1. The summed E-state index contributed by atoms with van der Waals surface area (Å²) in [5, 5.41) is 4.82. The van der Waals surface area contributed by atoms with Crippen LogP contribution in [0.2, 0.25) is 5.02 Å². The van der Waals surface area contributed by atoms with Gasteiger partial charge in [0.15, 0.2) is 0 Å². The Morgan fingerprint density at radius 2 is 1.88 bits per heavy atom. The highest BCUT2D eigenvalue weighted by Crippen LogP contribution is 2.33. The number of benzene rings is 2. The van der Waals surface area contributed by atoms with Crippen LogP contribution in [0.1, 0.15) is 13.3 Å². The molecule has 5 rings (SSSR count). The van der Waals surface area contributed by atoms with Gasteiger partial charge >= 0.3 is 0 Å². The molecule has 0 radical (unpaired) electrons. The highest BCUT2D eigenvalue weighted by atomic mass is 35.5. The Morgan fingerprint density at radius 1 is 1.12 bits per heavy atom. The molecule has 0 aliphatic carbocycles. The van der Waals surface area contributed by atoms with Gasteiger partial charge in [0.1, 0.15) is 11.4 Å². The van der Waals surface area contributed by atoms with Crippen molar-refractivity contribution in [3.05, 3.63) is 51.8 Å². The third-order valence-corrected chi connectivity index (χ3v) is 6.85. The van der Waals surface area contributed by atoms with Crippen molar-refractivity contribution in [2.45, 2.75) is 19.4 Å². The average molecular weight is 480 g/mol. The zero-order valence-corrected chi connectivity index (χ0v) is 20.2. The first-order valence-electron chi connectivity index (χ1n) is 11.7. The van der Waals surface area contributed by atoms with E-state index >= 15 is 0 Å². The molecular formula is C25H30ClN7O. The number of piperazine rings is 1. The molecule has 1 aliphatic rings. The molecule has 2 aromatic heterocycles. The number of hydrogen-bond acceptors (Lipinski definition) is 6. The van der Waals surface area contributed by atoms with E-state index < -0.39 is 0 Å². The van der Waals surface area contributed by atoms with E-state index in [4.69, 9.17) is 22.3 Å². The maximum absolute atomic E-state index is 13.2. The predicted octanol–water partition coefficient (Wildman–Crippen LogP) is 3.63. The molecule has 9 heteroatoms. The van der Waals surface area contributed by atoms with Gasteiger partial charge in [-0.1, -0.05) is 18.5 Å². The fourth-order valence-electron chi connectivity index (χ4n) is 4.43. The quantitative estimate of drug-likeness (QED) is 0.336. The van der Waals surface area contributed by atoms with Crippen LogP contribution < -0.4 is 21.5 Å². The van der Waals surface area contributed by atoms with Crippen LogP contribution in [-0.4, -0.2) is 65.7 Å². The number of pyridine rings is 1. The maximum atomic E-state index is 13.2. The summed E-state index contributed by atoms with van der Waals surface area (Å²) < 4.78 is 0. The molecule has 3 heterocycles. The van der Waals surface area contributed by atoms with Crippen LogP contribution in [0.4, 0.5) is 11.4 Å². The van der Waals surface area contributed by atoms with Gasteiger partial charge < -0.3 is 30.8 Å². The van der Waals surface area contributed by atoms with E-state index in [2.05, 4.69) is 44.3 Å². The van der Waals surface area contributed by atoms with Crippen LogP contribution >= 0.6 is 11.6 Å². The summed E-state index contributed by atoms with van der Waals surface area (Å²) in [4.78, 5) is 29.1. The number of rotatable bonds is 6. The van der Waals surface area contributed by atoms with E-state index in [1.165, 1.54) is 0 Å². The minimum absolute atomic E-state index is 0.0387. The van der Waals surface area contributed by atoms with Crippen LogP contribution in [0.25, 0.3) is 33.3 Å². The van der Waals surface area contributed by atoms with Crippen LogP contribution in [0, 0.1) is 0 Å². The zero-order chi connectivity index (χ0) is 23.8. The molecule has 1 fully saturated rings. The Bertz CT molecular complexity index is 1390. The third-order valence-electron chi connectivity index (χ3n) is 6.61. The number of fused-ring (bicyclic) bond motifs is 2. The van der Waals surface area contributed by atoms with Gasteiger partial charge in [-0.15, -0.1) is 0 Å². The smallest absolute Gasteiger partial charge is 0.261 e. The van der Waals surface area contributed by atoms with Crippen LogP contribution in [0.5, 0.6) is 0 Å². The normalized spacial score (nSPS) is 15.8. The first-order chi connectivity index (χ1) is 16.4. The SMILES string of the molecule is CC[C@@H](N)CNc1c(-c2nc3cc(N4CCN(C)CC4)ccc3[nH]2)c(=O)[nH]c2ccc(Cl)cc12. The fourth-order valence-corrected chi connectivity index (χ4v) is 4.60. The van der Waals surface area contributed by atoms with Gasteiger partial charge in [-0.3, -0.25) is 4.79 Å². The molecule has 0 saturated carbocycles. The molecule has 34 heavy (non-hydrogen) atoms. The van der Waals surface area contributed by atoms with E-state index in [0.717, 1.165) is 54.7 Å². The first-order valence-corrected chi connectivity index (χ1v) is 12.1. The predicted molar refractivity (Wildman–Crippen MR) is 141 cm³/mol. The number of H-pyrrole nitrogens is 2. The van der Waals surface area contributed by atoms with E-state index in [9.17, 15) is 4.79 Å². The zero-order valence-electron chi connectivity index (χ0n) is 19.5. The van der Waals surface area contributed by atoms with Crippen molar-refractivity contribution < 1.29 is 0 Å². The standard InChI is InChI=1S/C25H30ClN7O/c1-3-16(27)14-28-23-18-12-15(26)4-6-19(18)31-25(34)22(23)24-29-20-7-5-17(13-21(20)30-24)33-10-8-32(2)9-11-33/h4-7,12-13,16H,3,8-11,14,27H2,1-2H3,(H,29,30)(H2,28,31,34)/t16-/m1/s1. The number of nitrogens with zero attached hydrogens (tertiary/aromatic N) is 3. The van der Waals surface area contributed by atoms with Gasteiger partial charge in [0.25, 0.3) is 5.56 Å². The summed E-state index contributed by atoms with van der Waals surface area (Å²) in [6.45, 7) is 6.60. The monoisotopic (exact) mass is 479 g/mol. The molecule has 5 N–H and O–H groups in total. The van der Waals surface area contributed by atoms with Crippen molar-refractivity contribution in [2.24, 2.45) is 5.73 Å². The second kappa shape index (κ2) is 9.29. The van der Waals surface area contributed by atoms with E-state index in [-0.39, 0.29) is 11.6 Å². The molecule has 0 spiro atoms. The van der Waals surface area contributed by atoms with Crippen molar-refractivity contribution in [1.29, 1.82) is 0 Å². The highest BCUT2D eigenvalue weighted by Gasteiger charge is 2.20. The van der Waals surface area contributed by atoms with Crippen molar-refractivity contribution in [3.63, 3.8) is 0 Å². The molecule has 0 amide bonds. The minimum atomic E-state index is -0.222. The van der Waals surface area contributed by atoms with Gasteiger partial charge in [-0.05, 0) is 49.9 Å². The Labute approximate surface area is 203 Å². The topological polar surface area (TPSA) is 106 Å². The van der Waals surface area contributed by atoms with Gasteiger partial charge in [0.2, 0.25) is 0 Å². The lowest BCUT2D eigenvalue weighted by atomic mass is 10.1. The minimum Gasteiger partial charge on any atom is -0.382 e. The second-order valence-corrected chi connectivity index (χ2v) is 9.46. The number of nitrogens with two attached hydrogens (primary N) is 1. The highest BCUT2D eigenvalue weighted by molar-refractivity contribution is 6.31. The molecule has 0 bridgehead atoms. The van der Waals surface area contributed by atoms with Gasteiger partial charge in [0, 0.05) is 54.9 Å². The van der Waals surface area contributed by atoms with Crippen LogP contribution in [0.15, 0.2) is 41.2 Å². The Morgan fingerprint density at radius 3 is 2.65 bits per heavy atom.